The molecule has 0 saturated carbocycles. The average molecular weight is 170 g/mol. The lowest BCUT2D eigenvalue weighted by atomic mass is 9.91. The topological polar surface area (TPSA) is 24.4 Å². The van der Waals surface area contributed by atoms with Gasteiger partial charge in [-0.2, -0.15) is 0 Å². The first-order valence-corrected chi connectivity index (χ1v) is 4.66. The Kier molecular flexibility index (Phi) is 4.46. The summed E-state index contributed by atoms with van der Waals surface area (Å²) in [4.78, 5) is 4.54. The van der Waals surface area contributed by atoms with Gasteiger partial charge >= 0.3 is 0 Å². The second kappa shape index (κ2) is 4.61. The highest BCUT2D eigenvalue weighted by atomic mass is 15.1. The van der Waals surface area contributed by atoms with Crippen molar-refractivity contribution in [3.05, 3.63) is 0 Å². The maximum absolute atomic E-state index is 4.54. The lowest BCUT2D eigenvalue weighted by molar-refractivity contribution is 0.549. The fourth-order valence-electron chi connectivity index (χ4n) is 0.825. The van der Waals surface area contributed by atoms with Gasteiger partial charge in [0.1, 0.15) is 0 Å². The standard InChI is InChI=1S/C10H22N2/c1-7-11-9(3)12-8(2)10(4,5)6/h9,11H,7H2,1-6H3/b12-8+. The monoisotopic (exact) mass is 170 g/mol. The number of nitrogens with one attached hydrogen (secondary N) is 1. The summed E-state index contributed by atoms with van der Waals surface area (Å²) >= 11 is 0. The molecule has 0 aliphatic carbocycles. The third-order valence-corrected chi connectivity index (χ3v) is 1.97. The van der Waals surface area contributed by atoms with Gasteiger partial charge in [0.2, 0.25) is 0 Å². The smallest absolute Gasteiger partial charge is 0.0965 e. The van der Waals surface area contributed by atoms with Crippen molar-refractivity contribution in [2.75, 3.05) is 6.54 Å². The molecule has 0 bridgehead atoms. The van der Waals surface area contributed by atoms with E-state index in [9.17, 15) is 0 Å². The van der Waals surface area contributed by atoms with Crippen LogP contribution in [-0.2, 0) is 0 Å². The molecule has 0 radical (unpaired) electrons. The van der Waals surface area contributed by atoms with Crippen LogP contribution in [0.25, 0.3) is 0 Å². The van der Waals surface area contributed by atoms with Gasteiger partial charge in [-0.25, -0.2) is 0 Å². The molecular weight excluding hydrogens is 148 g/mol. The molecule has 2 heteroatoms. The molecule has 1 atom stereocenters. The molecule has 0 heterocycles. The van der Waals surface area contributed by atoms with Crippen LogP contribution in [0.4, 0.5) is 0 Å². The van der Waals surface area contributed by atoms with Gasteiger partial charge in [0.05, 0.1) is 6.17 Å². The van der Waals surface area contributed by atoms with Gasteiger partial charge in [-0.15, -0.1) is 0 Å². The molecule has 0 fully saturated rings. The number of hydrogen-bond donors (Lipinski definition) is 1. The molecule has 0 aliphatic heterocycles. The van der Waals surface area contributed by atoms with E-state index >= 15 is 0 Å². The zero-order valence-corrected chi connectivity index (χ0v) is 9.23. The zero-order valence-electron chi connectivity index (χ0n) is 9.23. The van der Waals surface area contributed by atoms with Gasteiger partial charge in [0.15, 0.2) is 0 Å². The summed E-state index contributed by atoms with van der Waals surface area (Å²) in [7, 11) is 0. The van der Waals surface area contributed by atoms with E-state index in [2.05, 4.69) is 51.9 Å². The molecule has 0 amide bonds. The molecule has 0 aromatic carbocycles. The van der Waals surface area contributed by atoms with Crippen LogP contribution in [0.15, 0.2) is 4.99 Å². The SMILES string of the molecule is CCNC(C)/N=C(\C)C(C)(C)C. The van der Waals surface area contributed by atoms with Gasteiger partial charge in [0.25, 0.3) is 0 Å². The van der Waals surface area contributed by atoms with Crippen LogP contribution in [-0.4, -0.2) is 18.4 Å². The maximum Gasteiger partial charge on any atom is 0.0965 e. The first-order chi connectivity index (χ1) is 5.38. The Morgan fingerprint density at radius 1 is 1.42 bits per heavy atom. The maximum atomic E-state index is 4.54. The molecule has 0 rings (SSSR count). The fourth-order valence-corrected chi connectivity index (χ4v) is 0.825. The minimum atomic E-state index is 0.198. The van der Waals surface area contributed by atoms with Crippen molar-refractivity contribution in [2.45, 2.75) is 47.7 Å². The molecule has 0 aliphatic rings. The molecular formula is C10H22N2. The second-order valence-corrected chi connectivity index (χ2v) is 4.20. The summed E-state index contributed by atoms with van der Waals surface area (Å²) in [6.07, 6.45) is 0.245. The Balaban J connectivity index is 4.16. The number of aliphatic imine (C=N–C) groups is 1. The van der Waals surface area contributed by atoms with Crippen molar-refractivity contribution < 1.29 is 0 Å². The van der Waals surface area contributed by atoms with Gasteiger partial charge < -0.3 is 0 Å². The van der Waals surface area contributed by atoms with Crippen LogP contribution >= 0.6 is 0 Å². The van der Waals surface area contributed by atoms with Crippen molar-refractivity contribution in [1.29, 1.82) is 0 Å². The Morgan fingerprint density at radius 3 is 2.25 bits per heavy atom. The summed E-state index contributed by atoms with van der Waals surface area (Å²) < 4.78 is 0. The van der Waals surface area contributed by atoms with E-state index in [1.807, 2.05) is 0 Å². The molecule has 72 valence electrons. The lowest BCUT2D eigenvalue weighted by Crippen LogP contribution is -2.27. The predicted molar refractivity (Wildman–Crippen MR) is 55.7 cm³/mol. The average Bonchev–Trinajstić information content (AvgIpc) is 1.85. The highest BCUT2D eigenvalue weighted by Gasteiger charge is 2.14. The molecule has 0 aromatic rings. The number of hydrogen-bond acceptors (Lipinski definition) is 2. The Bertz CT molecular complexity index is 154. The molecule has 1 unspecified atom stereocenters. The summed E-state index contributed by atoms with van der Waals surface area (Å²) in [5.41, 5.74) is 1.40. The lowest BCUT2D eigenvalue weighted by Gasteiger charge is -2.20. The van der Waals surface area contributed by atoms with Gasteiger partial charge in [-0.05, 0) is 25.8 Å². The number of nitrogens with zero attached hydrogens (tertiary/aromatic N) is 1. The Labute approximate surface area is 76.5 Å². The van der Waals surface area contributed by atoms with Crippen LogP contribution in [0.1, 0.15) is 41.5 Å². The van der Waals surface area contributed by atoms with E-state index in [0.717, 1.165) is 6.54 Å². The van der Waals surface area contributed by atoms with E-state index < -0.39 is 0 Å². The van der Waals surface area contributed by atoms with E-state index in [-0.39, 0.29) is 11.6 Å². The van der Waals surface area contributed by atoms with Gasteiger partial charge in [-0.1, -0.05) is 27.7 Å². The minimum absolute atomic E-state index is 0.198. The number of rotatable bonds is 3. The van der Waals surface area contributed by atoms with E-state index in [1.54, 1.807) is 0 Å². The Morgan fingerprint density at radius 2 is 1.92 bits per heavy atom. The van der Waals surface area contributed by atoms with Crippen molar-refractivity contribution >= 4 is 5.71 Å². The van der Waals surface area contributed by atoms with Crippen LogP contribution in [0.3, 0.4) is 0 Å². The van der Waals surface area contributed by atoms with E-state index in [1.165, 1.54) is 5.71 Å². The van der Waals surface area contributed by atoms with E-state index in [0.29, 0.717) is 0 Å². The highest BCUT2D eigenvalue weighted by Crippen LogP contribution is 2.15. The summed E-state index contributed by atoms with van der Waals surface area (Å²) in [6.45, 7) is 13.8. The van der Waals surface area contributed by atoms with Crippen molar-refractivity contribution in [3.63, 3.8) is 0 Å². The highest BCUT2D eigenvalue weighted by molar-refractivity contribution is 5.86. The molecule has 12 heavy (non-hydrogen) atoms. The Hall–Kier alpha value is -0.370. The second-order valence-electron chi connectivity index (χ2n) is 4.20. The predicted octanol–water partition coefficient (Wildman–Crippen LogP) is 2.45. The van der Waals surface area contributed by atoms with Crippen LogP contribution in [0.2, 0.25) is 0 Å². The van der Waals surface area contributed by atoms with Gasteiger partial charge in [0, 0.05) is 5.71 Å². The molecule has 0 aromatic heterocycles. The third kappa shape index (κ3) is 4.50. The largest absolute Gasteiger partial charge is 0.296 e. The molecule has 1 N–H and O–H groups in total. The zero-order chi connectivity index (χ0) is 9.78. The summed E-state index contributed by atoms with van der Waals surface area (Å²) in [6, 6.07) is 0. The van der Waals surface area contributed by atoms with Crippen LogP contribution < -0.4 is 5.32 Å². The van der Waals surface area contributed by atoms with Crippen LogP contribution in [0, 0.1) is 5.41 Å². The fraction of sp³-hybridized carbons (Fsp3) is 0.900. The molecule has 0 saturated heterocycles. The molecule has 2 nitrogen and oxygen atoms in total. The van der Waals surface area contributed by atoms with Crippen LogP contribution in [0.5, 0.6) is 0 Å². The van der Waals surface area contributed by atoms with E-state index in [4.69, 9.17) is 0 Å². The normalized spacial score (nSPS) is 16.3. The molecule has 0 spiro atoms. The van der Waals surface area contributed by atoms with Gasteiger partial charge in [-0.3, -0.25) is 10.3 Å². The van der Waals surface area contributed by atoms with Crippen molar-refractivity contribution in [2.24, 2.45) is 10.4 Å². The van der Waals surface area contributed by atoms with Crippen molar-refractivity contribution in [1.82, 2.24) is 5.32 Å². The first-order valence-electron chi connectivity index (χ1n) is 4.66. The summed E-state index contributed by atoms with van der Waals surface area (Å²) in [5, 5.41) is 3.26. The third-order valence-electron chi connectivity index (χ3n) is 1.97. The van der Waals surface area contributed by atoms with Crippen molar-refractivity contribution in [3.8, 4) is 0 Å². The minimum Gasteiger partial charge on any atom is -0.296 e. The quantitative estimate of drug-likeness (QED) is 0.646. The first kappa shape index (κ1) is 11.6. The summed E-state index contributed by atoms with van der Waals surface area (Å²) in [5.74, 6) is 0.